The van der Waals surface area contributed by atoms with Crippen LogP contribution in [0.2, 0.25) is 0 Å². The van der Waals surface area contributed by atoms with Gasteiger partial charge >= 0.3 is 0 Å². The van der Waals surface area contributed by atoms with Gasteiger partial charge in [-0.3, -0.25) is 0 Å². The van der Waals surface area contributed by atoms with E-state index >= 15 is 0 Å². The zero-order chi connectivity index (χ0) is 57.1. The van der Waals surface area contributed by atoms with Gasteiger partial charge < -0.3 is 4.42 Å². The van der Waals surface area contributed by atoms with Crippen LogP contribution in [0.4, 0.5) is 0 Å². The molecule has 0 saturated heterocycles. The van der Waals surface area contributed by atoms with E-state index in [9.17, 15) is 9.60 Å². The van der Waals surface area contributed by atoms with Gasteiger partial charge in [0.15, 0.2) is 17.5 Å². The van der Waals surface area contributed by atoms with E-state index in [2.05, 4.69) is 0 Å². The minimum atomic E-state index is -0.966. The van der Waals surface area contributed by atoms with E-state index < -0.39 is 170 Å². The first-order valence-electron chi connectivity index (χ1n) is 28.5. The zero-order valence-electron chi connectivity index (χ0n) is 50.6. The highest BCUT2D eigenvalue weighted by Gasteiger charge is 2.18. The highest BCUT2D eigenvalue weighted by atomic mass is 16.3. The van der Waals surface area contributed by atoms with Crippen molar-refractivity contribution < 1.29 is 30.5 Å². The molecule has 4 nitrogen and oxygen atoms in total. The van der Waals surface area contributed by atoms with Gasteiger partial charge in [-0.1, -0.05) is 188 Å². The molecule has 0 unspecified atom stereocenters. The summed E-state index contributed by atoms with van der Waals surface area (Å²) >= 11 is 0. The van der Waals surface area contributed by atoms with Crippen molar-refractivity contribution in [1.82, 2.24) is 15.0 Å². The van der Waals surface area contributed by atoms with Crippen LogP contribution in [0.25, 0.3) is 112 Å². The molecule has 0 amide bonds. The van der Waals surface area contributed by atoms with Gasteiger partial charge in [0.05, 0.1) is 26.0 Å². The molecule has 286 valence electrons. The molecule has 0 aliphatic rings. The Morgan fingerprint density at radius 2 is 0.770 bits per heavy atom. The second-order valence-electron chi connectivity index (χ2n) is 13.7. The average Bonchev–Trinajstić information content (AvgIpc) is 2.42. The normalized spacial score (nSPS) is 15.6. The van der Waals surface area contributed by atoms with Crippen LogP contribution in [-0.2, 0) is 0 Å². The summed E-state index contributed by atoms with van der Waals surface area (Å²) in [5, 5.41) is -0.863. The minimum absolute atomic E-state index is 0.133. The maximum atomic E-state index is 9.78. The fourth-order valence-corrected chi connectivity index (χ4v) is 6.97. The van der Waals surface area contributed by atoms with Crippen LogP contribution in [-0.4, -0.2) is 15.0 Å². The molecule has 0 aliphatic carbocycles. The predicted molar refractivity (Wildman–Crippen MR) is 251 cm³/mol. The topological polar surface area (TPSA) is 51.8 Å². The lowest BCUT2D eigenvalue weighted by atomic mass is 9.91. The Bertz CT molecular complexity index is 4190. The molecule has 2 aromatic heterocycles. The van der Waals surface area contributed by atoms with Gasteiger partial charge in [-0.25, -0.2) is 15.0 Å². The van der Waals surface area contributed by atoms with E-state index in [1.165, 1.54) is 0 Å². The third-order valence-corrected chi connectivity index (χ3v) is 9.93. The van der Waals surface area contributed by atoms with Crippen LogP contribution in [0, 0.1) is 0 Å². The fourth-order valence-electron chi connectivity index (χ4n) is 6.97. The summed E-state index contributed by atoms with van der Waals surface area (Å²) in [7, 11) is 0. The van der Waals surface area contributed by atoms with E-state index in [0.717, 1.165) is 22.3 Å². The second-order valence-corrected chi connectivity index (χ2v) is 13.7. The molecule has 4 heteroatoms. The lowest BCUT2D eigenvalue weighted by Gasteiger charge is -2.12. The number of nitrogens with zero attached hydrogens (tertiary/aromatic N) is 3. The Balaban J connectivity index is 1.21. The molecule has 0 saturated carbocycles. The lowest BCUT2D eigenvalue weighted by molar-refractivity contribution is 0.669. The van der Waals surface area contributed by atoms with Gasteiger partial charge in [0.25, 0.3) is 0 Å². The number of fused-ring (bicyclic) bond motifs is 3. The number of rotatable bonds is 8. The Labute approximate surface area is 380 Å². The van der Waals surface area contributed by atoms with Crippen LogP contribution in [0.15, 0.2) is 228 Å². The Kier molecular flexibility index (Phi) is 5.38. The molecule has 0 N–H and O–H groups in total. The minimum Gasteiger partial charge on any atom is -0.456 e. The molecule has 0 spiro atoms. The summed E-state index contributed by atoms with van der Waals surface area (Å²) in [6, 6.07) is 17.8. The lowest BCUT2D eigenvalue weighted by Crippen LogP contribution is -2.00. The number of benzene rings is 9. The summed E-state index contributed by atoms with van der Waals surface area (Å²) in [4.78, 5) is 14.4. The first-order chi connectivity index (χ1) is 38.1. The van der Waals surface area contributed by atoms with Crippen LogP contribution in [0.1, 0.15) is 26.0 Å². The van der Waals surface area contributed by atoms with Crippen LogP contribution >= 0.6 is 0 Å². The SMILES string of the molecule is [2H]c1c([2H])c([2H])c(-c2c([2H])c(-c3c([2H])c([2H])c([2H])c([2H])c3[2H])c([2H])c(-c3c([2H])c([2H])c([2H])c4oc5c([2H])c(-c6nc(-c7ccc(-c8ccccc8)cc7)nc(-c7ccc(-c8ccccc8)cc7)n6)c([2H])c([2H])c5c34)c2[2H])c([2H])c1[2H]. The smallest absolute Gasteiger partial charge is 0.164 e. The maximum Gasteiger partial charge on any atom is 0.164 e. The average molecular weight is 799 g/mol. The molecular formula is C57H37N3O. The van der Waals surface area contributed by atoms with Gasteiger partial charge in [0, 0.05) is 27.5 Å². The van der Waals surface area contributed by atoms with Crippen molar-refractivity contribution in [2.75, 3.05) is 0 Å². The molecule has 61 heavy (non-hydrogen) atoms. The molecule has 0 atom stereocenters. The van der Waals surface area contributed by atoms with Crippen molar-refractivity contribution in [1.29, 1.82) is 0 Å². The number of hydrogen-bond donors (Lipinski definition) is 0. The molecule has 0 radical (unpaired) electrons. The molecule has 0 aliphatic heterocycles. The summed E-state index contributed by atoms with van der Waals surface area (Å²) in [5.41, 5.74) is -1.10. The Hall–Kier alpha value is -8.21. The highest BCUT2D eigenvalue weighted by molar-refractivity contribution is 6.13. The summed E-state index contributed by atoms with van der Waals surface area (Å²) in [6.45, 7) is 0. The van der Waals surface area contributed by atoms with Crippen LogP contribution in [0.5, 0.6) is 0 Å². The first kappa shape index (κ1) is 21.2. The summed E-state index contributed by atoms with van der Waals surface area (Å²) in [5.74, 6) is 0.0333. The van der Waals surface area contributed by atoms with Crippen LogP contribution in [0.3, 0.4) is 0 Å². The highest BCUT2D eigenvalue weighted by Crippen LogP contribution is 2.41. The quantitative estimate of drug-likeness (QED) is 0.154. The summed E-state index contributed by atoms with van der Waals surface area (Å²) < 4.78 is 178. The zero-order valence-corrected chi connectivity index (χ0v) is 31.6. The van der Waals surface area contributed by atoms with E-state index in [0.29, 0.717) is 11.1 Å². The molecule has 9 aromatic carbocycles. The second kappa shape index (κ2) is 15.5. The first-order valence-corrected chi connectivity index (χ1v) is 19.0. The maximum absolute atomic E-state index is 9.78. The fraction of sp³-hybridized carbons (Fsp3) is 0. The van der Waals surface area contributed by atoms with Crippen LogP contribution < -0.4 is 0 Å². The monoisotopic (exact) mass is 798 g/mol. The molecule has 2 heterocycles. The van der Waals surface area contributed by atoms with Gasteiger partial charge in [0.1, 0.15) is 11.2 Å². The van der Waals surface area contributed by atoms with Crippen molar-refractivity contribution in [3.63, 3.8) is 0 Å². The standard InChI is InChI=1S/C57H37N3O/c1-5-14-38(15-6-1)42-24-28-44(29-25-42)55-58-56(45-30-26-43(27-31-45)39-16-7-2-8-17-39)60-57(59-55)46-32-33-51-53(37-46)61-52-23-13-22-50(54(51)52)49-35-47(40-18-9-3-10-19-40)34-48(36-49)41-20-11-4-12-21-41/h1-37H/i3D,4D,9D,10D,11D,12D,13D,18D,19D,20D,21D,22D,23D,32D,33D,34D,35D,36D,37D. The van der Waals surface area contributed by atoms with Crippen molar-refractivity contribution in [3.8, 4) is 89.8 Å². The number of hydrogen-bond acceptors (Lipinski definition) is 4. The molecule has 11 rings (SSSR count). The predicted octanol–water partition coefficient (Wildman–Crippen LogP) is 15.1. The van der Waals surface area contributed by atoms with Gasteiger partial charge in [-0.15, -0.1) is 0 Å². The van der Waals surface area contributed by atoms with Crippen molar-refractivity contribution in [2.45, 2.75) is 0 Å². The van der Waals surface area contributed by atoms with E-state index in [4.69, 9.17) is 35.8 Å². The Morgan fingerprint density at radius 3 is 1.30 bits per heavy atom. The number of furan rings is 1. The van der Waals surface area contributed by atoms with E-state index in [1.54, 1.807) is 24.3 Å². The van der Waals surface area contributed by atoms with Gasteiger partial charge in [-0.05, 0) is 91.9 Å². The third kappa shape index (κ3) is 7.07. The molecule has 0 fully saturated rings. The van der Waals surface area contributed by atoms with Crippen molar-refractivity contribution in [3.05, 3.63) is 224 Å². The molecular weight excluding hydrogens is 743 g/mol. The number of aromatic nitrogens is 3. The van der Waals surface area contributed by atoms with Crippen molar-refractivity contribution >= 4 is 21.9 Å². The van der Waals surface area contributed by atoms with E-state index in [-0.39, 0.29) is 23.0 Å². The van der Waals surface area contributed by atoms with Gasteiger partial charge in [0.2, 0.25) is 0 Å². The third-order valence-electron chi connectivity index (χ3n) is 9.93. The Morgan fingerprint density at radius 1 is 0.311 bits per heavy atom. The van der Waals surface area contributed by atoms with Gasteiger partial charge in [-0.2, -0.15) is 0 Å². The summed E-state index contributed by atoms with van der Waals surface area (Å²) in [6.07, 6.45) is 0. The van der Waals surface area contributed by atoms with E-state index in [1.807, 2.05) is 84.9 Å². The van der Waals surface area contributed by atoms with Crippen molar-refractivity contribution in [2.24, 2.45) is 0 Å². The molecule has 11 aromatic rings. The largest absolute Gasteiger partial charge is 0.456 e. The molecule has 0 bridgehead atoms.